The number of benzene rings is 1. The van der Waals surface area contributed by atoms with E-state index in [2.05, 4.69) is 21.3 Å². The van der Waals surface area contributed by atoms with Crippen LogP contribution in [0.3, 0.4) is 0 Å². The summed E-state index contributed by atoms with van der Waals surface area (Å²) in [4.78, 5) is 19.3. The van der Waals surface area contributed by atoms with E-state index >= 15 is 0 Å². The summed E-state index contributed by atoms with van der Waals surface area (Å²) < 4.78 is 0. The average molecular weight is 298 g/mol. The molecule has 0 aliphatic rings. The number of likely N-dealkylation sites (N-methyl/N-ethyl adjacent to an activating group) is 1. The summed E-state index contributed by atoms with van der Waals surface area (Å²) in [5.41, 5.74) is 2.80. The number of aromatic nitrogens is 1. The normalized spacial score (nSPS) is 11.4. The van der Waals surface area contributed by atoms with Crippen LogP contribution in [0.5, 0.6) is 0 Å². The minimum absolute atomic E-state index is 0.170. The lowest BCUT2D eigenvalue weighted by Crippen LogP contribution is -2.25. The summed E-state index contributed by atoms with van der Waals surface area (Å²) in [6, 6.07) is 12.1. The van der Waals surface area contributed by atoms with Gasteiger partial charge in [-0.3, -0.25) is 9.69 Å². The molecular formula is C17H18N2OS. The van der Waals surface area contributed by atoms with Gasteiger partial charge in [-0.15, -0.1) is 11.3 Å². The maximum Gasteiger partial charge on any atom is 0.179 e. The molecule has 0 saturated carbocycles. The maximum absolute atomic E-state index is 12.6. The second kappa shape index (κ2) is 5.84. The number of nitrogens with zero attached hydrogens (tertiary/aromatic N) is 1. The van der Waals surface area contributed by atoms with E-state index < -0.39 is 0 Å². The Kier molecular flexibility index (Phi) is 3.90. The van der Waals surface area contributed by atoms with Crippen LogP contribution in [0.2, 0.25) is 0 Å². The Morgan fingerprint density at radius 3 is 2.81 bits per heavy atom. The molecule has 2 heterocycles. The van der Waals surface area contributed by atoms with E-state index in [1.807, 2.05) is 44.3 Å². The SMILES string of the molecule is Cc1[nH]c2ccccc2c1C(=O)CN(C)Cc1cccs1. The fraction of sp³-hybridized carbons (Fsp3) is 0.235. The van der Waals surface area contributed by atoms with Gasteiger partial charge < -0.3 is 4.98 Å². The van der Waals surface area contributed by atoms with E-state index in [-0.39, 0.29) is 5.78 Å². The first-order valence-corrected chi connectivity index (χ1v) is 7.84. The quantitative estimate of drug-likeness (QED) is 0.726. The Bertz CT molecular complexity index is 758. The molecular weight excluding hydrogens is 280 g/mol. The molecule has 4 heteroatoms. The standard InChI is InChI=1S/C17H18N2OS/c1-12-17(14-7-3-4-8-15(14)18-12)16(20)11-19(2)10-13-6-5-9-21-13/h3-9,18H,10-11H2,1-2H3. The first-order valence-electron chi connectivity index (χ1n) is 6.96. The summed E-state index contributed by atoms with van der Waals surface area (Å²) in [6.45, 7) is 3.21. The summed E-state index contributed by atoms with van der Waals surface area (Å²) in [7, 11) is 1.99. The van der Waals surface area contributed by atoms with Crippen molar-refractivity contribution in [3.63, 3.8) is 0 Å². The van der Waals surface area contributed by atoms with Crippen LogP contribution in [0.4, 0.5) is 0 Å². The van der Waals surface area contributed by atoms with Crippen LogP contribution in [0, 0.1) is 6.92 Å². The molecule has 1 aromatic carbocycles. The van der Waals surface area contributed by atoms with Gasteiger partial charge in [0.2, 0.25) is 0 Å². The lowest BCUT2D eigenvalue weighted by molar-refractivity contribution is 0.0944. The smallest absolute Gasteiger partial charge is 0.179 e. The summed E-state index contributed by atoms with van der Waals surface area (Å²) in [6.07, 6.45) is 0. The largest absolute Gasteiger partial charge is 0.358 e. The molecule has 108 valence electrons. The Morgan fingerprint density at radius 1 is 1.24 bits per heavy atom. The number of para-hydroxylation sites is 1. The number of hydrogen-bond acceptors (Lipinski definition) is 3. The van der Waals surface area contributed by atoms with Gasteiger partial charge in [0.15, 0.2) is 5.78 Å². The molecule has 0 saturated heterocycles. The van der Waals surface area contributed by atoms with Crippen molar-refractivity contribution in [3.05, 3.63) is 57.9 Å². The number of aromatic amines is 1. The zero-order valence-electron chi connectivity index (χ0n) is 12.2. The number of ketones is 1. The number of fused-ring (bicyclic) bond motifs is 1. The summed E-state index contributed by atoms with van der Waals surface area (Å²) >= 11 is 1.72. The van der Waals surface area contributed by atoms with Crippen LogP contribution in [0.1, 0.15) is 20.9 Å². The maximum atomic E-state index is 12.6. The van der Waals surface area contributed by atoms with Crippen LogP contribution in [-0.2, 0) is 6.54 Å². The van der Waals surface area contributed by atoms with Gasteiger partial charge in [-0.05, 0) is 31.5 Å². The fourth-order valence-electron chi connectivity index (χ4n) is 2.68. The van der Waals surface area contributed by atoms with Crippen LogP contribution in [0.25, 0.3) is 10.9 Å². The zero-order chi connectivity index (χ0) is 14.8. The van der Waals surface area contributed by atoms with E-state index in [9.17, 15) is 4.79 Å². The molecule has 0 radical (unpaired) electrons. The molecule has 3 aromatic rings. The number of carbonyl (C=O) groups excluding carboxylic acids is 1. The molecule has 1 N–H and O–H groups in total. The first kappa shape index (κ1) is 14.0. The molecule has 2 aromatic heterocycles. The number of aryl methyl sites for hydroxylation is 1. The molecule has 0 unspecified atom stereocenters. The minimum Gasteiger partial charge on any atom is -0.358 e. The second-order valence-corrected chi connectivity index (χ2v) is 6.38. The highest BCUT2D eigenvalue weighted by molar-refractivity contribution is 7.09. The molecule has 3 rings (SSSR count). The number of H-pyrrole nitrogens is 1. The van der Waals surface area contributed by atoms with Crippen LogP contribution in [-0.4, -0.2) is 29.3 Å². The van der Waals surface area contributed by atoms with E-state index in [0.29, 0.717) is 6.54 Å². The van der Waals surface area contributed by atoms with Crippen molar-refractivity contribution >= 4 is 28.0 Å². The monoisotopic (exact) mass is 298 g/mol. The van der Waals surface area contributed by atoms with Gasteiger partial charge in [0, 0.05) is 33.6 Å². The Balaban J connectivity index is 1.79. The van der Waals surface area contributed by atoms with Crippen molar-refractivity contribution in [1.82, 2.24) is 9.88 Å². The Morgan fingerprint density at radius 2 is 2.05 bits per heavy atom. The Labute approximate surface area is 128 Å². The zero-order valence-corrected chi connectivity index (χ0v) is 13.0. The van der Waals surface area contributed by atoms with Crippen molar-refractivity contribution in [2.75, 3.05) is 13.6 Å². The number of Topliss-reactive ketones (excluding diaryl/α,β-unsaturated/α-hetero) is 1. The number of nitrogens with one attached hydrogen (secondary N) is 1. The topological polar surface area (TPSA) is 36.1 Å². The van der Waals surface area contributed by atoms with Crippen molar-refractivity contribution < 1.29 is 4.79 Å². The molecule has 0 spiro atoms. The third-order valence-corrected chi connectivity index (χ3v) is 4.45. The number of thiophene rings is 1. The van der Waals surface area contributed by atoms with Gasteiger partial charge in [-0.25, -0.2) is 0 Å². The van der Waals surface area contributed by atoms with Gasteiger partial charge in [-0.1, -0.05) is 24.3 Å². The third kappa shape index (κ3) is 2.91. The van der Waals surface area contributed by atoms with Crippen molar-refractivity contribution in [3.8, 4) is 0 Å². The van der Waals surface area contributed by atoms with Crippen molar-refractivity contribution in [2.24, 2.45) is 0 Å². The molecule has 0 fully saturated rings. The number of carbonyl (C=O) groups is 1. The van der Waals surface area contributed by atoms with Crippen LogP contribution < -0.4 is 0 Å². The molecule has 0 aliphatic carbocycles. The van der Waals surface area contributed by atoms with Gasteiger partial charge >= 0.3 is 0 Å². The molecule has 21 heavy (non-hydrogen) atoms. The van der Waals surface area contributed by atoms with E-state index in [4.69, 9.17) is 0 Å². The highest BCUT2D eigenvalue weighted by Crippen LogP contribution is 2.22. The highest BCUT2D eigenvalue weighted by atomic mass is 32.1. The molecule has 0 atom stereocenters. The Hall–Kier alpha value is -1.91. The fourth-order valence-corrected chi connectivity index (χ4v) is 3.47. The third-order valence-electron chi connectivity index (χ3n) is 3.59. The summed E-state index contributed by atoms with van der Waals surface area (Å²) in [5, 5.41) is 3.08. The lowest BCUT2D eigenvalue weighted by Gasteiger charge is -2.14. The van der Waals surface area contributed by atoms with Gasteiger partial charge in [0.25, 0.3) is 0 Å². The van der Waals surface area contributed by atoms with Crippen LogP contribution >= 0.6 is 11.3 Å². The van der Waals surface area contributed by atoms with Gasteiger partial charge in [0.05, 0.1) is 6.54 Å². The lowest BCUT2D eigenvalue weighted by atomic mass is 10.1. The first-order chi connectivity index (χ1) is 10.1. The molecule has 0 amide bonds. The van der Waals surface area contributed by atoms with E-state index in [1.165, 1.54) is 4.88 Å². The van der Waals surface area contributed by atoms with Gasteiger partial charge in [-0.2, -0.15) is 0 Å². The van der Waals surface area contributed by atoms with E-state index in [1.54, 1.807) is 11.3 Å². The second-order valence-electron chi connectivity index (χ2n) is 5.35. The van der Waals surface area contributed by atoms with Crippen LogP contribution in [0.15, 0.2) is 41.8 Å². The molecule has 0 bridgehead atoms. The summed E-state index contributed by atoms with van der Waals surface area (Å²) in [5.74, 6) is 0.170. The van der Waals surface area contributed by atoms with Crippen molar-refractivity contribution in [1.29, 1.82) is 0 Å². The molecule has 3 nitrogen and oxygen atoms in total. The predicted molar refractivity (Wildman–Crippen MR) is 88.0 cm³/mol. The average Bonchev–Trinajstić information content (AvgIpc) is 3.04. The van der Waals surface area contributed by atoms with E-state index in [0.717, 1.165) is 28.7 Å². The van der Waals surface area contributed by atoms with Crippen molar-refractivity contribution in [2.45, 2.75) is 13.5 Å². The highest BCUT2D eigenvalue weighted by Gasteiger charge is 2.17. The van der Waals surface area contributed by atoms with Gasteiger partial charge in [0.1, 0.15) is 0 Å². The number of rotatable bonds is 5. The molecule has 0 aliphatic heterocycles. The minimum atomic E-state index is 0.170. The number of hydrogen-bond donors (Lipinski definition) is 1. The predicted octanol–water partition coefficient (Wildman–Crippen LogP) is 3.85.